The van der Waals surface area contributed by atoms with E-state index >= 15 is 0 Å². The SMILES string of the molecule is CC(C)C(=O)Nc1ccc(S(=O)(=O)NCC(c2ccco2)N2CCOCC2)cc1. The molecule has 0 saturated carbocycles. The average Bonchev–Trinajstić information content (AvgIpc) is 3.24. The molecule has 158 valence electrons. The molecule has 1 aromatic heterocycles. The predicted octanol–water partition coefficient (Wildman–Crippen LogP) is 2.23. The number of ether oxygens (including phenoxy) is 1. The lowest BCUT2D eigenvalue weighted by Gasteiger charge is -2.33. The summed E-state index contributed by atoms with van der Waals surface area (Å²) < 4.78 is 39.1. The lowest BCUT2D eigenvalue weighted by atomic mass is 10.2. The summed E-state index contributed by atoms with van der Waals surface area (Å²) in [6.45, 7) is 6.39. The largest absolute Gasteiger partial charge is 0.468 e. The van der Waals surface area contributed by atoms with Crippen molar-refractivity contribution in [1.82, 2.24) is 9.62 Å². The van der Waals surface area contributed by atoms with Crippen LogP contribution in [0.4, 0.5) is 5.69 Å². The Bertz CT molecular complexity index is 889. The summed E-state index contributed by atoms with van der Waals surface area (Å²) in [6.07, 6.45) is 1.58. The van der Waals surface area contributed by atoms with E-state index in [0.29, 0.717) is 37.8 Å². The van der Waals surface area contributed by atoms with Gasteiger partial charge in [-0.05, 0) is 36.4 Å². The molecular formula is C20H27N3O5S. The van der Waals surface area contributed by atoms with Gasteiger partial charge in [0.2, 0.25) is 15.9 Å². The molecular weight excluding hydrogens is 394 g/mol. The van der Waals surface area contributed by atoms with Crippen LogP contribution < -0.4 is 10.0 Å². The molecule has 2 heterocycles. The number of amides is 1. The minimum absolute atomic E-state index is 0.120. The van der Waals surface area contributed by atoms with Gasteiger partial charge in [-0.2, -0.15) is 0 Å². The third kappa shape index (κ3) is 5.66. The molecule has 3 rings (SSSR count). The fourth-order valence-corrected chi connectivity index (χ4v) is 4.09. The van der Waals surface area contributed by atoms with Gasteiger partial charge in [0, 0.05) is 31.2 Å². The maximum absolute atomic E-state index is 12.8. The first-order chi connectivity index (χ1) is 13.9. The van der Waals surface area contributed by atoms with Crippen molar-refractivity contribution in [1.29, 1.82) is 0 Å². The number of carbonyl (C=O) groups excluding carboxylic acids is 1. The van der Waals surface area contributed by atoms with Crippen molar-refractivity contribution in [2.24, 2.45) is 5.92 Å². The maximum Gasteiger partial charge on any atom is 0.240 e. The second-order valence-corrected chi connectivity index (χ2v) is 8.97. The van der Waals surface area contributed by atoms with Crippen LogP contribution in [0.25, 0.3) is 0 Å². The summed E-state index contributed by atoms with van der Waals surface area (Å²) in [4.78, 5) is 14.1. The van der Waals surface area contributed by atoms with E-state index in [9.17, 15) is 13.2 Å². The molecule has 1 amide bonds. The second kappa shape index (κ2) is 9.53. The lowest BCUT2D eigenvalue weighted by Crippen LogP contribution is -2.43. The number of hydrogen-bond donors (Lipinski definition) is 2. The molecule has 1 atom stereocenters. The van der Waals surface area contributed by atoms with Crippen molar-refractivity contribution in [3.8, 4) is 0 Å². The van der Waals surface area contributed by atoms with Crippen LogP contribution in [-0.4, -0.2) is 52.1 Å². The summed E-state index contributed by atoms with van der Waals surface area (Å²) in [5.41, 5.74) is 0.560. The monoisotopic (exact) mass is 421 g/mol. The predicted molar refractivity (Wildman–Crippen MR) is 109 cm³/mol. The van der Waals surface area contributed by atoms with Crippen LogP contribution in [0, 0.1) is 5.92 Å². The van der Waals surface area contributed by atoms with Gasteiger partial charge in [0.25, 0.3) is 0 Å². The molecule has 29 heavy (non-hydrogen) atoms. The van der Waals surface area contributed by atoms with Gasteiger partial charge in [0.15, 0.2) is 0 Å². The Morgan fingerprint density at radius 3 is 2.41 bits per heavy atom. The van der Waals surface area contributed by atoms with E-state index in [2.05, 4.69) is 14.9 Å². The number of benzene rings is 1. The molecule has 2 N–H and O–H groups in total. The molecule has 1 saturated heterocycles. The van der Waals surface area contributed by atoms with Gasteiger partial charge in [0.05, 0.1) is 30.4 Å². The zero-order valence-corrected chi connectivity index (χ0v) is 17.4. The van der Waals surface area contributed by atoms with E-state index in [-0.39, 0.29) is 29.3 Å². The number of morpholine rings is 1. The van der Waals surface area contributed by atoms with E-state index in [1.807, 2.05) is 6.07 Å². The van der Waals surface area contributed by atoms with Crippen molar-refractivity contribution in [3.05, 3.63) is 48.4 Å². The Balaban J connectivity index is 1.68. The van der Waals surface area contributed by atoms with E-state index < -0.39 is 10.0 Å². The topological polar surface area (TPSA) is 101 Å². The molecule has 0 bridgehead atoms. The highest BCUT2D eigenvalue weighted by atomic mass is 32.2. The second-order valence-electron chi connectivity index (χ2n) is 7.20. The number of sulfonamides is 1. The van der Waals surface area contributed by atoms with Gasteiger partial charge in [-0.25, -0.2) is 13.1 Å². The van der Waals surface area contributed by atoms with Crippen LogP contribution in [-0.2, 0) is 19.6 Å². The van der Waals surface area contributed by atoms with Gasteiger partial charge in [-0.15, -0.1) is 0 Å². The Labute approximate surface area is 171 Å². The van der Waals surface area contributed by atoms with Crippen LogP contribution in [0.5, 0.6) is 0 Å². The number of furan rings is 1. The smallest absolute Gasteiger partial charge is 0.240 e. The number of hydrogen-bond acceptors (Lipinski definition) is 6. The van der Waals surface area contributed by atoms with Gasteiger partial charge >= 0.3 is 0 Å². The third-order valence-corrected chi connectivity index (χ3v) is 6.22. The lowest BCUT2D eigenvalue weighted by molar-refractivity contribution is -0.118. The Morgan fingerprint density at radius 1 is 1.14 bits per heavy atom. The van der Waals surface area contributed by atoms with Crippen molar-refractivity contribution in [2.75, 3.05) is 38.2 Å². The summed E-state index contributed by atoms with van der Waals surface area (Å²) in [5, 5.41) is 2.75. The zero-order chi connectivity index (χ0) is 20.9. The Hall–Kier alpha value is -2.20. The molecule has 1 aliphatic rings. The summed E-state index contributed by atoms with van der Waals surface area (Å²) in [6, 6.07) is 9.56. The number of carbonyl (C=O) groups is 1. The molecule has 1 unspecified atom stereocenters. The minimum atomic E-state index is -3.71. The highest BCUT2D eigenvalue weighted by Crippen LogP contribution is 2.23. The molecule has 2 aromatic rings. The molecule has 0 aliphatic carbocycles. The van der Waals surface area contributed by atoms with Crippen molar-refractivity contribution >= 4 is 21.6 Å². The highest BCUT2D eigenvalue weighted by molar-refractivity contribution is 7.89. The van der Waals surface area contributed by atoms with Gasteiger partial charge in [0.1, 0.15) is 5.76 Å². The van der Waals surface area contributed by atoms with Crippen molar-refractivity contribution < 1.29 is 22.4 Å². The maximum atomic E-state index is 12.8. The first kappa shape index (κ1) is 21.5. The normalized spacial score (nSPS) is 16.7. The van der Waals surface area contributed by atoms with Crippen LogP contribution in [0.1, 0.15) is 25.6 Å². The standard InChI is InChI=1S/C20H27N3O5S/c1-15(2)20(24)22-16-5-7-17(8-6-16)29(25,26)21-14-18(19-4-3-11-28-19)23-9-12-27-13-10-23/h3-8,11,15,18,21H,9-10,12-14H2,1-2H3,(H,22,24). The number of rotatable bonds is 8. The summed E-state index contributed by atoms with van der Waals surface area (Å²) in [5.74, 6) is 0.436. The van der Waals surface area contributed by atoms with E-state index in [1.165, 1.54) is 12.1 Å². The van der Waals surface area contributed by atoms with Crippen molar-refractivity contribution in [3.63, 3.8) is 0 Å². The first-order valence-electron chi connectivity index (χ1n) is 9.62. The Morgan fingerprint density at radius 2 is 1.83 bits per heavy atom. The fourth-order valence-electron chi connectivity index (χ4n) is 3.06. The molecule has 1 aliphatic heterocycles. The van der Waals surface area contributed by atoms with Crippen LogP contribution >= 0.6 is 0 Å². The van der Waals surface area contributed by atoms with Gasteiger partial charge in [-0.3, -0.25) is 9.69 Å². The molecule has 0 radical (unpaired) electrons. The van der Waals surface area contributed by atoms with Crippen LogP contribution in [0.15, 0.2) is 52.0 Å². The molecule has 9 heteroatoms. The van der Waals surface area contributed by atoms with Crippen LogP contribution in [0.3, 0.4) is 0 Å². The quantitative estimate of drug-likeness (QED) is 0.678. The number of nitrogens with zero attached hydrogens (tertiary/aromatic N) is 1. The van der Waals surface area contributed by atoms with Crippen LogP contribution in [0.2, 0.25) is 0 Å². The zero-order valence-electron chi connectivity index (χ0n) is 16.6. The number of nitrogens with one attached hydrogen (secondary N) is 2. The molecule has 1 aromatic carbocycles. The minimum Gasteiger partial charge on any atom is -0.468 e. The fraction of sp³-hybridized carbons (Fsp3) is 0.450. The average molecular weight is 422 g/mol. The van der Waals surface area contributed by atoms with E-state index in [0.717, 1.165) is 0 Å². The third-order valence-electron chi connectivity index (χ3n) is 4.78. The van der Waals surface area contributed by atoms with Gasteiger partial charge < -0.3 is 14.5 Å². The van der Waals surface area contributed by atoms with Gasteiger partial charge in [-0.1, -0.05) is 13.8 Å². The summed E-state index contributed by atoms with van der Waals surface area (Å²) >= 11 is 0. The number of anilines is 1. The molecule has 8 nitrogen and oxygen atoms in total. The Kier molecular flexibility index (Phi) is 7.07. The highest BCUT2D eigenvalue weighted by Gasteiger charge is 2.27. The molecule has 0 spiro atoms. The molecule has 1 fully saturated rings. The van der Waals surface area contributed by atoms with E-state index in [4.69, 9.17) is 9.15 Å². The van der Waals surface area contributed by atoms with Crippen molar-refractivity contribution in [2.45, 2.75) is 24.8 Å². The summed E-state index contributed by atoms with van der Waals surface area (Å²) in [7, 11) is -3.71. The first-order valence-corrected chi connectivity index (χ1v) is 11.1. The van der Waals surface area contributed by atoms with E-state index in [1.54, 1.807) is 38.3 Å².